The molecule has 0 fully saturated rings. The Morgan fingerprint density at radius 2 is 1.48 bits per heavy atom. The van der Waals surface area contributed by atoms with Gasteiger partial charge in [-0.15, -0.1) is 0 Å². The molecule has 0 saturated carbocycles. The van der Waals surface area contributed by atoms with E-state index in [1.165, 1.54) is 0 Å². The van der Waals surface area contributed by atoms with E-state index in [0.29, 0.717) is 12.1 Å². The Hall–Kier alpha value is -3.55. The summed E-state index contributed by atoms with van der Waals surface area (Å²) in [6.45, 7) is 0. The predicted octanol–water partition coefficient (Wildman–Crippen LogP) is 3.39. The molecule has 2 aromatic rings. The zero-order chi connectivity index (χ0) is 22.6. The van der Waals surface area contributed by atoms with Gasteiger partial charge in [0.2, 0.25) is 0 Å². The summed E-state index contributed by atoms with van der Waals surface area (Å²) in [6, 6.07) is 3.99. The van der Waals surface area contributed by atoms with Gasteiger partial charge in [-0.25, -0.2) is 24.3 Å². The van der Waals surface area contributed by atoms with Gasteiger partial charge in [0.25, 0.3) is 0 Å². The summed E-state index contributed by atoms with van der Waals surface area (Å²) in [5.41, 5.74) is 3.05. The molecule has 9 heteroatoms. The van der Waals surface area contributed by atoms with Crippen LogP contribution in [0, 0.1) is 5.82 Å². The van der Waals surface area contributed by atoms with E-state index in [0.717, 1.165) is 33.5 Å². The molecule has 4 aliphatic heterocycles. The van der Waals surface area contributed by atoms with Crippen LogP contribution in [0.25, 0.3) is 12.2 Å². The summed E-state index contributed by atoms with van der Waals surface area (Å²) < 4.78 is 14.0. The van der Waals surface area contributed by atoms with Gasteiger partial charge in [-0.1, -0.05) is 29.3 Å². The Kier molecular flexibility index (Phi) is 4.57. The van der Waals surface area contributed by atoms with Gasteiger partial charge in [0, 0.05) is 22.8 Å². The maximum atomic E-state index is 14.0. The third-order valence-corrected chi connectivity index (χ3v) is 6.08. The second kappa shape index (κ2) is 7.50. The molecule has 6 nitrogen and oxygen atoms in total. The smallest absolute Gasteiger partial charge is 0.197 e. The topological polar surface area (TPSA) is 78.3 Å². The number of hydrogen-bond donors (Lipinski definition) is 2. The van der Waals surface area contributed by atoms with E-state index < -0.39 is 11.4 Å². The second-order valence-electron chi connectivity index (χ2n) is 7.94. The van der Waals surface area contributed by atoms with Gasteiger partial charge in [-0.3, -0.25) is 0 Å². The van der Waals surface area contributed by atoms with Gasteiger partial charge in [-0.05, 0) is 60.7 Å². The number of nitrogens with one attached hydrogen (secondary N) is 2. The van der Waals surface area contributed by atoms with E-state index in [2.05, 4.69) is 25.3 Å². The van der Waals surface area contributed by atoms with Crippen molar-refractivity contribution in [3.8, 4) is 0 Å². The SMILES string of the molecule is Fc1c(Cl)nc(C23C=C4C=CC(=N4)C=c4ccc([nH]4)=CC4=NC(=CC(=CC2)N3)C=C4)nc1Cl. The van der Waals surface area contributed by atoms with Gasteiger partial charge in [0.05, 0.1) is 22.8 Å². The van der Waals surface area contributed by atoms with Crippen LogP contribution < -0.4 is 16.0 Å². The number of nitrogens with zero attached hydrogens (tertiary/aromatic N) is 4. The maximum absolute atomic E-state index is 14.0. The molecule has 8 bridgehead atoms. The van der Waals surface area contributed by atoms with E-state index in [4.69, 9.17) is 28.2 Å². The van der Waals surface area contributed by atoms with E-state index in [1.807, 2.05) is 66.8 Å². The maximum Gasteiger partial charge on any atom is 0.197 e. The molecule has 6 rings (SSSR count). The molecule has 2 aromatic heterocycles. The third-order valence-electron chi connectivity index (χ3n) is 5.58. The Balaban J connectivity index is 1.54. The highest BCUT2D eigenvalue weighted by molar-refractivity contribution is 6.33. The molecule has 0 radical (unpaired) electrons. The predicted molar refractivity (Wildman–Crippen MR) is 128 cm³/mol. The molecule has 1 atom stereocenters. The van der Waals surface area contributed by atoms with Crippen molar-refractivity contribution in [2.75, 3.05) is 0 Å². The van der Waals surface area contributed by atoms with E-state index in [1.54, 1.807) is 0 Å². The number of rotatable bonds is 1. The fourth-order valence-corrected chi connectivity index (χ4v) is 4.45. The lowest BCUT2D eigenvalue weighted by molar-refractivity contribution is 0.465. The minimum Gasteiger partial charge on any atom is -0.369 e. The van der Waals surface area contributed by atoms with Crippen molar-refractivity contribution < 1.29 is 4.39 Å². The molecule has 0 aliphatic carbocycles. The first-order valence-electron chi connectivity index (χ1n) is 10.2. The lowest BCUT2D eigenvalue weighted by Gasteiger charge is -2.26. The Bertz CT molecular complexity index is 1530. The fourth-order valence-electron chi connectivity index (χ4n) is 4.06. The van der Waals surface area contributed by atoms with Gasteiger partial charge >= 0.3 is 0 Å². The highest BCUT2D eigenvalue weighted by atomic mass is 35.5. The average molecular weight is 477 g/mol. The molecule has 0 amide bonds. The van der Waals surface area contributed by atoms with Crippen molar-refractivity contribution in [3.63, 3.8) is 0 Å². The van der Waals surface area contributed by atoms with E-state index in [9.17, 15) is 4.39 Å². The van der Waals surface area contributed by atoms with Crippen molar-refractivity contribution in [1.29, 1.82) is 0 Å². The lowest BCUT2D eigenvalue weighted by Crippen LogP contribution is -2.38. The van der Waals surface area contributed by atoms with Crippen molar-refractivity contribution in [2.24, 2.45) is 9.98 Å². The fraction of sp³-hybridized carbons (Fsp3) is 0.0833. The van der Waals surface area contributed by atoms with Crippen LogP contribution in [0.3, 0.4) is 0 Å². The summed E-state index contributed by atoms with van der Waals surface area (Å²) in [6.07, 6.45) is 18.0. The summed E-state index contributed by atoms with van der Waals surface area (Å²) in [4.78, 5) is 21.1. The molecular formula is C24H15Cl2FN6. The molecular weight excluding hydrogens is 462 g/mol. The standard InChI is InChI=1S/C24H15Cl2FN6/c25-21-20(27)22(26)32-23(31-21)24-8-7-18(33-24)11-17-4-3-14(29-17)9-13-1-2-15(28-13)10-16-5-6-19(12-24)30-16/h1-7,9-12,28,33H,8H2. The Morgan fingerprint density at radius 1 is 0.848 bits per heavy atom. The van der Waals surface area contributed by atoms with Crippen LogP contribution >= 0.6 is 23.2 Å². The Labute approximate surface area is 197 Å². The van der Waals surface area contributed by atoms with Crippen LogP contribution in [-0.2, 0) is 5.54 Å². The molecule has 0 saturated heterocycles. The number of fused-ring (bicyclic) bond motifs is 6. The molecule has 4 aliphatic rings. The molecule has 2 N–H and O–H groups in total. The summed E-state index contributed by atoms with van der Waals surface area (Å²) in [5, 5.41) is 4.67. The molecule has 162 valence electrons. The summed E-state index contributed by atoms with van der Waals surface area (Å²) in [7, 11) is 0. The number of aliphatic imine (C=N–C) groups is 2. The highest BCUT2D eigenvalue weighted by Gasteiger charge is 2.38. The van der Waals surface area contributed by atoms with Crippen molar-refractivity contribution in [3.05, 3.63) is 104 Å². The first-order chi connectivity index (χ1) is 16.0. The van der Waals surface area contributed by atoms with Gasteiger partial charge in [0.1, 0.15) is 5.54 Å². The second-order valence-corrected chi connectivity index (χ2v) is 8.65. The van der Waals surface area contributed by atoms with Crippen molar-refractivity contribution in [2.45, 2.75) is 12.0 Å². The number of hydrogen-bond acceptors (Lipinski definition) is 5. The first kappa shape index (κ1) is 20.1. The normalized spacial score (nSPS) is 22.6. The Morgan fingerprint density at radius 3 is 2.18 bits per heavy atom. The van der Waals surface area contributed by atoms with Crippen LogP contribution in [0.4, 0.5) is 4.39 Å². The third kappa shape index (κ3) is 3.69. The van der Waals surface area contributed by atoms with E-state index in [-0.39, 0.29) is 16.1 Å². The van der Waals surface area contributed by atoms with Crippen LogP contribution in [-0.4, -0.2) is 26.4 Å². The quantitative estimate of drug-likeness (QED) is 0.619. The van der Waals surface area contributed by atoms with Crippen LogP contribution in [0.2, 0.25) is 10.3 Å². The number of allylic oxidation sites excluding steroid dienone is 5. The molecule has 0 aromatic carbocycles. The minimum atomic E-state index is -0.913. The largest absolute Gasteiger partial charge is 0.369 e. The average Bonchev–Trinajstić information content (AvgIpc) is 3.57. The highest BCUT2D eigenvalue weighted by Crippen LogP contribution is 2.36. The summed E-state index contributed by atoms with van der Waals surface area (Å²) in [5.74, 6) is -0.588. The van der Waals surface area contributed by atoms with Crippen LogP contribution in [0.5, 0.6) is 0 Å². The zero-order valence-corrected chi connectivity index (χ0v) is 18.5. The zero-order valence-electron chi connectivity index (χ0n) is 17.0. The lowest BCUT2D eigenvalue weighted by atomic mass is 9.95. The molecule has 0 spiro atoms. The number of halogens is 3. The number of aromatic amines is 1. The van der Waals surface area contributed by atoms with Gasteiger partial charge < -0.3 is 10.3 Å². The van der Waals surface area contributed by atoms with Crippen LogP contribution in [0.15, 0.2) is 81.7 Å². The van der Waals surface area contributed by atoms with Crippen molar-refractivity contribution >= 4 is 46.8 Å². The number of aromatic nitrogens is 3. The molecule has 33 heavy (non-hydrogen) atoms. The number of H-pyrrole nitrogens is 1. The first-order valence-corrected chi connectivity index (χ1v) is 11.0. The van der Waals surface area contributed by atoms with E-state index >= 15 is 0 Å². The summed E-state index contributed by atoms with van der Waals surface area (Å²) >= 11 is 12.0. The minimum absolute atomic E-state index is 0.256. The van der Waals surface area contributed by atoms with Crippen molar-refractivity contribution in [1.82, 2.24) is 20.3 Å². The molecule has 1 unspecified atom stereocenters. The molecule has 6 heterocycles. The van der Waals surface area contributed by atoms with Gasteiger partial charge in [-0.2, -0.15) is 0 Å². The van der Waals surface area contributed by atoms with Crippen LogP contribution in [0.1, 0.15) is 12.2 Å². The van der Waals surface area contributed by atoms with Gasteiger partial charge in [0.15, 0.2) is 21.9 Å². The monoisotopic (exact) mass is 476 g/mol.